The molecule has 27 heavy (non-hydrogen) atoms. The molecule has 0 spiro atoms. The maximum atomic E-state index is 12.5. The summed E-state index contributed by atoms with van der Waals surface area (Å²) in [5.74, 6) is 0.229. The first kappa shape index (κ1) is 18.1. The third kappa shape index (κ3) is 3.87. The second-order valence-corrected chi connectivity index (χ2v) is 8.16. The Morgan fingerprint density at radius 1 is 1.41 bits per heavy atom. The molecule has 0 bridgehead atoms. The lowest BCUT2D eigenvalue weighted by Crippen LogP contribution is -2.29. The quantitative estimate of drug-likeness (QED) is 0.706. The zero-order valence-corrected chi connectivity index (χ0v) is 16.3. The van der Waals surface area contributed by atoms with Gasteiger partial charge in [0.05, 0.1) is 23.7 Å². The van der Waals surface area contributed by atoms with Crippen molar-refractivity contribution in [2.75, 3.05) is 13.2 Å². The minimum absolute atomic E-state index is 0.0476. The van der Waals surface area contributed by atoms with Crippen LogP contribution in [0, 0.1) is 6.92 Å². The third-order valence-corrected chi connectivity index (χ3v) is 6.37. The van der Waals surface area contributed by atoms with Gasteiger partial charge in [-0.2, -0.15) is 0 Å². The summed E-state index contributed by atoms with van der Waals surface area (Å²) >= 11 is 3.16. The van der Waals surface area contributed by atoms with E-state index in [4.69, 9.17) is 9.15 Å². The molecule has 1 aliphatic heterocycles. The summed E-state index contributed by atoms with van der Waals surface area (Å²) in [6.07, 6.45) is 0.824. The molecule has 140 valence electrons. The molecular weight excluding hydrogens is 384 g/mol. The lowest BCUT2D eigenvalue weighted by Gasteiger charge is -2.10. The molecule has 1 atom stereocenters. The molecule has 1 amide bonds. The monoisotopic (exact) mass is 402 g/mol. The highest BCUT2D eigenvalue weighted by atomic mass is 32.1. The van der Waals surface area contributed by atoms with E-state index >= 15 is 0 Å². The zero-order chi connectivity index (χ0) is 18.8. The van der Waals surface area contributed by atoms with Crippen molar-refractivity contribution in [3.05, 3.63) is 62.0 Å². The number of ether oxygens (including phenoxy) is 1. The first-order valence-corrected chi connectivity index (χ1v) is 10.4. The van der Waals surface area contributed by atoms with Crippen molar-refractivity contribution in [1.29, 1.82) is 0 Å². The average molecular weight is 402 g/mol. The Kier molecular flexibility index (Phi) is 5.20. The van der Waals surface area contributed by atoms with Gasteiger partial charge in [-0.3, -0.25) is 4.79 Å². The summed E-state index contributed by atoms with van der Waals surface area (Å²) in [5, 5.41) is 7.60. The van der Waals surface area contributed by atoms with Gasteiger partial charge in [0.1, 0.15) is 16.3 Å². The van der Waals surface area contributed by atoms with Crippen molar-refractivity contribution < 1.29 is 13.9 Å². The number of rotatable bonds is 5. The second-order valence-electron chi connectivity index (χ2n) is 6.36. The maximum Gasteiger partial charge on any atom is 0.349 e. The highest BCUT2D eigenvalue weighted by Gasteiger charge is 2.24. The fourth-order valence-corrected chi connectivity index (χ4v) is 4.66. The van der Waals surface area contributed by atoms with Gasteiger partial charge < -0.3 is 14.5 Å². The van der Waals surface area contributed by atoms with Crippen LogP contribution in [0.2, 0.25) is 0 Å². The molecule has 6 nitrogen and oxygen atoms in total. The maximum absolute atomic E-state index is 12.5. The van der Waals surface area contributed by atoms with Crippen molar-refractivity contribution >= 4 is 28.6 Å². The summed E-state index contributed by atoms with van der Waals surface area (Å²) in [6.45, 7) is 3.22. The molecule has 1 N–H and O–H groups in total. The van der Waals surface area contributed by atoms with E-state index in [1.165, 1.54) is 11.3 Å². The van der Waals surface area contributed by atoms with Crippen LogP contribution in [0.5, 0.6) is 0 Å². The van der Waals surface area contributed by atoms with E-state index in [0.717, 1.165) is 22.0 Å². The lowest BCUT2D eigenvalue weighted by molar-refractivity contribution is 0.0945. The van der Waals surface area contributed by atoms with E-state index in [9.17, 15) is 9.59 Å². The van der Waals surface area contributed by atoms with Crippen molar-refractivity contribution in [3.63, 3.8) is 0 Å². The molecule has 4 heterocycles. The molecule has 0 aliphatic carbocycles. The molecule has 0 radical (unpaired) electrons. The van der Waals surface area contributed by atoms with Crippen molar-refractivity contribution in [2.24, 2.45) is 0 Å². The standard InChI is InChI=1S/C19H18N2O4S2/c1-11-7-14(12-4-5-24-9-12)25-19(23)16(11)17(22)20-8-13-10-27-18(21-13)15-3-2-6-26-15/h2-3,6-7,10,12H,4-5,8-9H2,1H3,(H,20,22). The molecule has 1 aliphatic rings. The SMILES string of the molecule is Cc1cc(C2CCOC2)oc(=O)c1C(=O)NCc1csc(-c2cccs2)n1. The van der Waals surface area contributed by atoms with Crippen LogP contribution in [-0.4, -0.2) is 24.1 Å². The van der Waals surface area contributed by atoms with E-state index in [2.05, 4.69) is 10.3 Å². The van der Waals surface area contributed by atoms with Gasteiger partial charge >= 0.3 is 5.63 Å². The van der Waals surface area contributed by atoms with Crippen LogP contribution in [0.4, 0.5) is 0 Å². The number of aryl methyl sites for hydroxylation is 1. The summed E-state index contributed by atoms with van der Waals surface area (Å²) in [7, 11) is 0. The van der Waals surface area contributed by atoms with Gasteiger partial charge in [-0.25, -0.2) is 9.78 Å². The lowest BCUT2D eigenvalue weighted by atomic mass is 10.0. The Bertz CT molecular complexity index is 1000. The Labute approximate surface area is 163 Å². The van der Waals surface area contributed by atoms with Crippen molar-refractivity contribution in [1.82, 2.24) is 10.3 Å². The van der Waals surface area contributed by atoms with Crippen LogP contribution in [0.25, 0.3) is 9.88 Å². The Balaban J connectivity index is 1.46. The number of amides is 1. The normalized spacial score (nSPS) is 16.6. The molecule has 0 aromatic carbocycles. The van der Waals surface area contributed by atoms with Crippen LogP contribution in [0.3, 0.4) is 0 Å². The van der Waals surface area contributed by atoms with Crippen LogP contribution in [-0.2, 0) is 11.3 Å². The summed E-state index contributed by atoms with van der Waals surface area (Å²) in [4.78, 5) is 30.5. The fourth-order valence-electron chi connectivity index (χ4n) is 3.03. The van der Waals surface area contributed by atoms with Crippen LogP contribution >= 0.6 is 22.7 Å². The number of thiophene rings is 1. The number of hydrogen-bond donors (Lipinski definition) is 1. The molecule has 3 aromatic rings. The zero-order valence-electron chi connectivity index (χ0n) is 14.7. The summed E-state index contributed by atoms with van der Waals surface area (Å²) in [6, 6.07) is 5.76. The minimum atomic E-state index is -0.605. The first-order valence-electron chi connectivity index (χ1n) is 8.60. The third-order valence-electron chi connectivity index (χ3n) is 4.44. The molecule has 4 rings (SSSR count). The number of nitrogens with zero attached hydrogens (tertiary/aromatic N) is 1. The predicted molar refractivity (Wildman–Crippen MR) is 104 cm³/mol. The van der Waals surface area contributed by atoms with Gasteiger partial charge in [-0.05, 0) is 36.4 Å². The molecule has 1 saturated heterocycles. The molecule has 1 unspecified atom stereocenters. The van der Waals surface area contributed by atoms with Crippen LogP contribution in [0.1, 0.15) is 39.7 Å². The van der Waals surface area contributed by atoms with Gasteiger partial charge in [-0.1, -0.05) is 6.07 Å². The molecule has 8 heteroatoms. The largest absolute Gasteiger partial charge is 0.427 e. The number of nitrogens with one attached hydrogen (secondary N) is 1. The van der Waals surface area contributed by atoms with Crippen molar-refractivity contribution in [2.45, 2.75) is 25.8 Å². The highest BCUT2D eigenvalue weighted by molar-refractivity contribution is 7.20. The van der Waals surface area contributed by atoms with Gasteiger partial charge in [-0.15, -0.1) is 22.7 Å². The Morgan fingerprint density at radius 3 is 3.00 bits per heavy atom. The predicted octanol–water partition coefficient (Wildman–Crippen LogP) is 3.57. The van der Waals surface area contributed by atoms with Gasteiger partial charge in [0.15, 0.2) is 0 Å². The van der Waals surface area contributed by atoms with Gasteiger partial charge in [0.25, 0.3) is 5.91 Å². The van der Waals surface area contributed by atoms with Crippen LogP contribution in [0.15, 0.2) is 38.2 Å². The number of carbonyl (C=O) groups excluding carboxylic acids is 1. The fraction of sp³-hybridized carbons (Fsp3) is 0.316. The van der Waals surface area contributed by atoms with Crippen molar-refractivity contribution in [3.8, 4) is 9.88 Å². The molecule has 1 fully saturated rings. The van der Waals surface area contributed by atoms with Gasteiger partial charge in [0.2, 0.25) is 0 Å². The van der Waals surface area contributed by atoms with E-state index < -0.39 is 11.5 Å². The van der Waals surface area contributed by atoms with E-state index in [0.29, 0.717) is 24.5 Å². The first-order chi connectivity index (χ1) is 13.1. The van der Waals surface area contributed by atoms with Crippen LogP contribution < -0.4 is 10.9 Å². The molecular formula is C19H18N2O4S2. The number of hydrogen-bond acceptors (Lipinski definition) is 7. The Morgan fingerprint density at radius 2 is 2.30 bits per heavy atom. The number of thiazole rings is 1. The van der Waals surface area contributed by atoms with E-state index in [1.807, 2.05) is 22.9 Å². The van der Waals surface area contributed by atoms with E-state index in [-0.39, 0.29) is 18.0 Å². The topological polar surface area (TPSA) is 81.4 Å². The Hall–Kier alpha value is -2.29. The smallest absolute Gasteiger partial charge is 0.349 e. The summed E-state index contributed by atoms with van der Waals surface area (Å²) in [5.41, 5.74) is 0.819. The average Bonchev–Trinajstić information content (AvgIpc) is 3.41. The molecule has 0 saturated carbocycles. The van der Waals surface area contributed by atoms with Gasteiger partial charge in [0, 0.05) is 17.9 Å². The minimum Gasteiger partial charge on any atom is -0.427 e. The highest BCUT2D eigenvalue weighted by Crippen LogP contribution is 2.28. The number of aromatic nitrogens is 1. The second kappa shape index (κ2) is 7.75. The van der Waals surface area contributed by atoms with E-state index in [1.54, 1.807) is 24.3 Å². The number of carbonyl (C=O) groups is 1. The molecule has 3 aromatic heterocycles. The summed E-state index contributed by atoms with van der Waals surface area (Å²) < 4.78 is 10.7.